The van der Waals surface area contributed by atoms with Crippen LogP contribution in [0.15, 0.2) is 40.2 Å². The summed E-state index contributed by atoms with van der Waals surface area (Å²) < 4.78 is 6.53. The van der Waals surface area contributed by atoms with Crippen LogP contribution in [-0.4, -0.2) is 5.11 Å². The van der Waals surface area contributed by atoms with Crippen LogP contribution in [0.5, 0.6) is 11.5 Å². The molecule has 4 heteroatoms. The van der Waals surface area contributed by atoms with E-state index >= 15 is 0 Å². The maximum atomic E-state index is 9.46. The quantitative estimate of drug-likeness (QED) is 0.929. The number of ether oxygens (including phenoxy) is 1. The molecule has 0 aliphatic carbocycles. The van der Waals surface area contributed by atoms with Crippen molar-refractivity contribution in [3.8, 4) is 11.5 Å². The normalized spacial score (nSPS) is 10.2. The first kappa shape index (κ1) is 10.5. The van der Waals surface area contributed by atoms with Gasteiger partial charge in [0, 0.05) is 14.7 Å². The molecule has 0 aliphatic heterocycles. The monoisotopic (exact) mass is 284 g/mol. The van der Waals surface area contributed by atoms with Gasteiger partial charge in [-0.15, -0.1) is 11.3 Å². The highest BCUT2D eigenvalue weighted by molar-refractivity contribution is 9.10. The van der Waals surface area contributed by atoms with Crippen LogP contribution >= 0.6 is 27.3 Å². The van der Waals surface area contributed by atoms with Gasteiger partial charge in [0.1, 0.15) is 6.61 Å². The first-order valence-corrected chi connectivity index (χ1v) is 6.06. The fourth-order valence-electron chi connectivity index (χ4n) is 1.16. The highest BCUT2D eigenvalue weighted by atomic mass is 79.9. The van der Waals surface area contributed by atoms with Gasteiger partial charge in [-0.1, -0.05) is 12.1 Å². The van der Waals surface area contributed by atoms with E-state index in [2.05, 4.69) is 15.9 Å². The topological polar surface area (TPSA) is 29.5 Å². The van der Waals surface area contributed by atoms with E-state index in [1.165, 1.54) is 0 Å². The third-order valence-corrected chi connectivity index (χ3v) is 3.53. The molecule has 1 heterocycles. The van der Waals surface area contributed by atoms with Gasteiger partial charge in [-0.05, 0) is 34.1 Å². The van der Waals surface area contributed by atoms with Crippen LogP contribution in [0, 0.1) is 0 Å². The standard InChI is InChI=1S/C11H9BrO2S/c12-8-5-9(15-7-8)6-14-11-4-2-1-3-10(11)13/h1-5,7,13H,6H2. The molecule has 0 saturated carbocycles. The zero-order valence-corrected chi connectivity index (χ0v) is 10.2. The Labute approximate surface area is 100 Å². The molecule has 1 aromatic heterocycles. The lowest BCUT2D eigenvalue weighted by molar-refractivity contribution is 0.292. The summed E-state index contributed by atoms with van der Waals surface area (Å²) in [5.41, 5.74) is 0. The average Bonchev–Trinajstić information content (AvgIpc) is 2.63. The number of phenols is 1. The first-order valence-electron chi connectivity index (χ1n) is 4.39. The lowest BCUT2D eigenvalue weighted by Crippen LogP contribution is -1.92. The summed E-state index contributed by atoms with van der Waals surface area (Å²) in [6.07, 6.45) is 0. The molecule has 1 N–H and O–H groups in total. The van der Waals surface area contributed by atoms with Crippen molar-refractivity contribution in [1.29, 1.82) is 0 Å². The molecule has 15 heavy (non-hydrogen) atoms. The van der Waals surface area contributed by atoms with E-state index in [9.17, 15) is 5.11 Å². The van der Waals surface area contributed by atoms with Gasteiger partial charge >= 0.3 is 0 Å². The van der Waals surface area contributed by atoms with Gasteiger partial charge in [0.15, 0.2) is 11.5 Å². The molecular weight excluding hydrogens is 276 g/mol. The Balaban J connectivity index is 2.02. The zero-order valence-electron chi connectivity index (χ0n) is 7.81. The van der Waals surface area contributed by atoms with Crippen LogP contribution in [0.4, 0.5) is 0 Å². The highest BCUT2D eigenvalue weighted by Gasteiger charge is 2.02. The van der Waals surface area contributed by atoms with Crippen molar-refractivity contribution in [2.45, 2.75) is 6.61 Å². The number of aromatic hydroxyl groups is 1. The van der Waals surface area contributed by atoms with E-state index in [1.54, 1.807) is 29.5 Å². The summed E-state index contributed by atoms with van der Waals surface area (Å²) in [5, 5.41) is 11.5. The molecular formula is C11H9BrO2S. The van der Waals surface area contributed by atoms with Gasteiger partial charge in [-0.25, -0.2) is 0 Å². The van der Waals surface area contributed by atoms with Crippen molar-refractivity contribution in [3.63, 3.8) is 0 Å². The van der Waals surface area contributed by atoms with Crippen LogP contribution in [0.2, 0.25) is 0 Å². The van der Waals surface area contributed by atoms with Crippen molar-refractivity contribution in [2.75, 3.05) is 0 Å². The zero-order chi connectivity index (χ0) is 10.7. The number of thiophene rings is 1. The fraction of sp³-hybridized carbons (Fsp3) is 0.0909. The minimum atomic E-state index is 0.174. The number of phenolic OH excluding ortho intramolecular Hbond substituents is 1. The minimum absolute atomic E-state index is 0.174. The average molecular weight is 285 g/mol. The Kier molecular flexibility index (Phi) is 3.28. The third kappa shape index (κ3) is 2.73. The summed E-state index contributed by atoms with van der Waals surface area (Å²) in [6.45, 7) is 0.480. The smallest absolute Gasteiger partial charge is 0.161 e. The SMILES string of the molecule is Oc1ccccc1OCc1cc(Br)cs1. The maximum Gasteiger partial charge on any atom is 0.161 e. The number of hydrogen-bond donors (Lipinski definition) is 1. The van der Waals surface area contributed by atoms with E-state index < -0.39 is 0 Å². The van der Waals surface area contributed by atoms with Crippen molar-refractivity contribution >= 4 is 27.3 Å². The van der Waals surface area contributed by atoms with Crippen LogP contribution in [-0.2, 0) is 6.61 Å². The van der Waals surface area contributed by atoms with Crippen LogP contribution in [0.3, 0.4) is 0 Å². The Hall–Kier alpha value is -1.000. The largest absolute Gasteiger partial charge is 0.504 e. The van der Waals surface area contributed by atoms with E-state index in [1.807, 2.05) is 17.5 Å². The molecule has 0 fully saturated rings. The molecule has 2 aromatic rings. The Morgan fingerprint density at radius 1 is 1.33 bits per heavy atom. The number of benzene rings is 1. The summed E-state index contributed by atoms with van der Waals surface area (Å²) in [4.78, 5) is 1.12. The summed E-state index contributed by atoms with van der Waals surface area (Å²) >= 11 is 5.00. The molecule has 2 rings (SSSR count). The second-order valence-electron chi connectivity index (χ2n) is 2.99. The number of halogens is 1. The Morgan fingerprint density at radius 2 is 2.13 bits per heavy atom. The van der Waals surface area contributed by atoms with Gasteiger partial charge in [-0.2, -0.15) is 0 Å². The lowest BCUT2D eigenvalue weighted by Gasteiger charge is -2.05. The molecule has 0 spiro atoms. The third-order valence-electron chi connectivity index (χ3n) is 1.86. The van der Waals surface area contributed by atoms with Crippen molar-refractivity contribution in [3.05, 3.63) is 45.1 Å². The second kappa shape index (κ2) is 4.68. The van der Waals surface area contributed by atoms with Crippen molar-refractivity contribution in [2.24, 2.45) is 0 Å². The minimum Gasteiger partial charge on any atom is -0.504 e. The Morgan fingerprint density at radius 3 is 2.80 bits per heavy atom. The summed E-state index contributed by atoms with van der Waals surface area (Å²) in [6, 6.07) is 8.96. The molecule has 0 saturated heterocycles. The van der Waals surface area contributed by atoms with Crippen molar-refractivity contribution < 1.29 is 9.84 Å². The van der Waals surface area contributed by atoms with Gasteiger partial charge in [-0.3, -0.25) is 0 Å². The predicted molar refractivity (Wildman–Crippen MR) is 64.5 cm³/mol. The van der Waals surface area contributed by atoms with Gasteiger partial charge < -0.3 is 9.84 Å². The lowest BCUT2D eigenvalue weighted by atomic mass is 10.3. The molecule has 78 valence electrons. The highest BCUT2D eigenvalue weighted by Crippen LogP contribution is 2.27. The molecule has 0 amide bonds. The predicted octanol–water partition coefficient (Wildman–Crippen LogP) is 3.80. The number of para-hydroxylation sites is 2. The van der Waals surface area contributed by atoms with E-state index in [-0.39, 0.29) is 5.75 Å². The van der Waals surface area contributed by atoms with Gasteiger partial charge in [0.2, 0.25) is 0 Å². The maximum absolute atomic E-state index is 9.46. The van der Waals surface area contributed by atoms with Crippen LogP contribution in [0.25, 0.3) is 0 Å². The Bertz CT molecular complexity index is 453. The van der Waals surface area contributed by atoms with Gasteiger partial charge in [0.05, 0.1) is 0 Å². The molecule has 0 aliphatic rings. The van der Waals surface area contributed by atoms with Crippen molar-refractivity contribution in [1.82, 2.24) is 0 Å². The van der Waals surface area contributed by atoms with Gasteiger partial charge in [0.25, 0.3) is 0 Å². The molecule has 2 nitrogen and oxygen atoms in total. The van der Waals surface area contributed by atoms with Crippen LogP contribution in [0.1, 0.15) is 4.88 Å². The molecule has 0 radical (unpaired) electrons. The molecule has 1 aromatic carbocycles. The molecule has 0 unspecified atom stereocenters. The first-order chi connectivity index (χ1) is 7.25. The van der Waals surface area contributed by atoms with E-state index in [4.69, 9.17) is 4.74 Å². The number of rotatable bonds is 3. The van der Waals surface area contributed by atoms with E-state index in [0.717, 1.165) is 9.35 Å². The molecule has 0 bridgehead atoms. The van der Waals surface area contributed by atoms with Crippen LogP contribution < -0.4 is 4.74 Å². The summed E-state index contributed by atoms with van der Waals surface area (Å²) in [5.74, 6) is 0.690. The number of hydrogen-bond acceptors (Lipinski definition) is 3. The fourth-order valence-corrected chi connectivity index (χ4v) is 2.52. The summed E-state index contributed by atoms with van der Waals surface area (Å²) in [7, 11) is 0. The second-order valence-corrected chi connectivity index (χ2v) is 4.90. The van der Waals surface area contributed by atoms with E-state index in [0.29, 0.717) is 12.4 Å². The molecule has 0 atom stereocenters.